The molecule has 1 aliphatic carbocycles. The van der Waals surface area contributed by atoms with Gasteiger partial charge in [-0.05, 0) is 63.9 Å². The maximum absolute atomic E-state index is 9.86. The Balaban J connectivity index is 0.000000705. The smallest absolute Gasteiger partial charge is 0.0924 e. The van der Waals surface area contributed by atoms with Crippen molar-refractivity contribution in [1.29, 1.82) is 0 Å². The highest BCUT2D eigenvalue weighted by atomic mass is 16.5. The van der Waals surface area contributed by atoms with E-state index in [1.165, 1.54) is 5.57 Å². The summed E-state index contributed by atoms with van der Waals surface area (Å²) in [6.45, 7) is 16.2. The summed E-state index contributed by atoms with van der Waals surface area (Å²) in [6.07, 6.45) is 10.1. The Morgan fingerprint density at radius 2 is 1.92 bits per heavy atom. The summed E-state index contributed by atoms with van der Waals surface area (Å²) in [4.78, 5) is 2.59. The molecule has 0 bridgehead atoms. The number of likely N-dealkylation sites (tertiary alicyclic amines) is 1. The third kappa shape index (κ3) is 6.63. The number of hydrogen-bond acceptors (Lipinski definition) is 3. The van der Waals surface area contributed by atoms with Crippen LogP contribution in [-0.4, -0.2) is 42.9 Å². The van der Waals surface area contributed by atoms with Crippen LogP contribution in [0.15, 0.2) is 35.6 Å². The highest BCUT2D eigenvalue weighted by Gasteiger charge is 2.49. The van der Waals surface area contributed by atoms with E-state index in [0.717, 1.165) is 38.2 Å². The van der Waals surface area contributed by atoms with Gasteiger partial charge in [0.25, 0.3) is 0 Å². The first-order chi connectivity index (χ1) is 11.8. The molecule has 0 amide bonds. The molecule has 0 aromatic carbocycles. The molecule has 25 heavy (non-hydrogen) atoms. The van der Waals surface area contributed by atoms with E-state index < -0.39 is 0 Å². The number of methoxy groups -OCH3 is 1. The van der Waals surface area contributed by atoms with Crippen LogP contribution in [0.1, 0.15) is 54.4 Å². The lowest BCUT2D eigenvalue weighted by atomic mass is 9.83. The van der Waals surface area contributed by atoms with E-state index in [0.29, 0.717) is 17.3 Å². The molecular weight excluding hydrogens is 310 g/mol. The molecule has 3 nitrogen and oxygen atoms in total. The van der Waals surface area contributed by atoms with E-state index in [1.54, 1.807) is 7.11 Å². The van der Waals surface area contributed by atoms with Crippen molar-refractivity contribution in [3.8, 4) is 0 Å². The molecule has 1 heterocycles. The van der Waals surface area contributed by atoms with Gasteiger partial charge in [0.2, 0.25) is 0 Å². The van der Waals surface area contributed by atoms with Gasteiger partial charge >= 0.3 is 0 Å². The molecule has 3 heteroatoms. The first-order valence-electron chi connectivity index (χ1n) is 9.62. The van der Waals surface area contributed by atoms with Gasteiger partial charge in [0.15, 0.2) is 0 Å². The average molecular weight is 350 g/mol. The number of rotatable bonds is 5. The minimum absolute atomic E-state index is 0.0663. The predicted molar refractivity (Wildman–Crippen MR) is 107 cm³/mol. The van der Waals surface area contributed by atoms with Crippen molar-refractivity contribution in [3.63, 3.8) is 0 Å². The van der Waals surface area contributed by atoms with Crippen LogP contribution in [0.5, 0.6) is 0 Å². The van der Waals surface area contributed by atoms with Crippen LogP contribution in [0.3, 0.4) is 0 Å². The van der Waals surface area contributed by atoms with Crippen LogP contribution in [0.25, 0.3) is 0 Å². The Morgan fingerprint density at radius 1 is 1.28 bits per heavy atom. The molecular formula is C22H39NO2. The second-order valence-electron chi connectivity index (χ2n) is 8.10. The number of aliphatic hydroxyl groups is 1. The average Bonchev–Trinajstić information content (AvgIpc) is 3.01. The molecule has 1 saturated heterocycles. The molecule has 1 aliphatic heterocycles. The molecule has 4 atom stereocenters. The predicted octanol–water partition coefficient (Wildman–Crippen LogP) is 4.79. The summed E-state index contributed by atoms with van der Waals surface area (Å²) in [5, 5.41) is 9.86. The molecule has 0 radical (unpaired) electrons. The van der Waals surface area contributed by atoms with Crippen LogP contribution in [0.4, 0.5) is 0 Å². The van der Waals surface area contributed by atoms with Crippen molar-refractivity contribution in [1.82, 2.24) is 4.90 Å². The van der Waals surface area contributed by atoms with Gasteiger partial charge in [-0.15, -0.1) is 0 Å². The Bertz CT molecular complexity index is 490. The van der Waals surface area contributed by atoms with Gasteiger partial charge in [-0.1, -0.05) is 37.6 Å². The van der Waals surface area contributed by atoms with E-state index in [-0.39, 0.29) is 6.10 Å². The SMILES string of the molecule is C/C=C\C.CO/C(C)=C/C=C(\C)C(C)CN1C[C@H]2CC(O)C[C@@]2(C)C1. The topological polar surface area (TPSA) is 32.7 Å². The number of allylic oxidation sites excluding steroid dienone is 5. The molecule has 0 aromatic rings. The zero-order valence-corrected chi connectivity index (χ0v) is 17.4. The Labute approximate surface area is 155 Å². The number of ether oxygens (including phenoxy) is 1. The van der Waals surface area contributed by atoms with Gasteiger partial charge in [-0.2, -0.15) is 0 Å². The van der Waals surface area contributed by atoms with Crippen LogP contribution >= 0.6 is 0 Å². The monoisotopic (exact) mass is 349 g/mol. The summed E-state index contributed by atoms with van der Waals surface area (Å²) < 4.78 is 5.17. The number of hydrogen-bond donors (Lipinski definition) is 1. The fourth-order valence-corrected chi connectivity index (χ4v) is 3.93. The number of aliphatic hydroxyl groups excluding tert-OH is 1. The third-order valence-electron chi connectivity index (χ3n) is 5.85. The minimum atomic E-state index is -0.0663. The summed E-state index contributed by atoms with van der Waals surface area (Å²) in [6, 6.07) is 0. The standard InChI is InChI=1S/C18H31NO2.C4H8/c1-13(6-7-15(3)21-5)14(2)10-19-11-16-8-17(20)9-18(16,4)12-19;1-3-4-2/h6-7,14,16-17,20H,8-12H2,1-5H3;3-4H,1-2H3/b13-6+,15-7+;4-3-/t14?,16-,17?,18+;/m1./s1. The third-order valence-corrected chi connectivity index (χ3v) is 5.85. The minimum Gasteiger partial charge on any atom is -0.501 e. The van der Waals surface area contributed by atoms with E-state index >= 15 is 0 Å². The quantitative estimate of drug-likeness (QED) is 0.440. The summed E-state index contributed by atoms with van der Waals surface area (Å²) in [5.41, 5.74) is 1.73. The van der Waals surface area contributed by atoms with Gasteiger partial charge in [-0.3, -0.25) is 0 Å². The molecule has 2 rings (SSSR count). The van der Waals surface area contributed by atoms with Gasteiger partial charge in [0.1, 0.15) is 0 Å². The Hall–Kier alpha value is -1.06. The van der Waals surface area contributed by atoms with E-state index in [1.807, 2.05) is 39.0 Å². The first kappa shape index (κ1) is 22.0. The maximum Gasteiger partial charge on any atom is 0.0924 e. The largest absolute Gasteiger partial charge is 0.501 e. The molecule has 0 spiro atoms. The highest BCUT2D eigenvalue weighted by molar-refractivity contribution is 5.15. The Morgan fingerprint density at radius 3 is 2.44 bits per heavy atom. The summed E-state index contributed by atoms with van der Waals surface area (Å²) in [7, 11) is 1.70. The van der Waals surface area contributed by atoms with Gasteiger partial charge in [-0.25, -0.2) is 0 Å². The lowest BCUT2D eigenvalue weighted by Crippen LogP contribution is -2.30. The molecule has 1 saturated carbocycles. The molecule has 144 valence electrons. The van der Waals surface area contributed by atoms with Crippen molar-refractivity contribution in [2.75, 3.05) is 26.7 Å². The van der Waals surface area contributed by atoms with E-state index in [4.69, 9.17) is 4.74 Å². The Kier molecular flexibility index (Phi) is 8.95. The maximum atomic E-state index is 9.86. The lowest BCUT2D eigenvalue weighted by molar-refractivity contribution is 0.147. The fourth-order valence-electron chi connectivity index (χ4n) is 3.93. The second-order valence-corrected chi connectivity index (χ2v) is 8.10. The molecule has 2 aliphatic rings. The fraction of sp³-hybridized carbons (Fsp3) is 0.727. The van der Waals surface area contributed by atoms with Crippen molar-refractivity contribution in [3.05, 3.63) is 35.6 Å². The van der Waals surface area contributed by atoms with E-state index in [2.05, 4.69) is 31.7 Å². The highest BCUT2D eigenvalue weighted by Crippen LogP contribution is 2.48. The van der Waals surface area contributed by atoms with Gasteiger partial charge < -0.3 is 14.7 Å². The van der Waals surface area contributed by atoms with Crippen molar-refractivity contribution >= 4 is 0 Å². The lowest BCUT2D eigenvalue weighted by Gasteiger charge is -2.25. The molecule has 2 unspecified atom stereocenters. The van der Waals surface area contributed by atoms with Crippen LogP contribution < -0.4 is 0 Å². The van der Waals surface area contributed by atoms with Gasteiger partial charge in [0.05, 0.1) is 19.0 Å². The van der Waals surface area contributed by atoms with Crippen molar-refractivity contribution in [2.45, 2.75) is 60.5 Å². The van der Waals surface area contributed by atoms with Crippen LogP contribution in [-0.2, 0) is 4.74 Å². The summed E-state index contributed by atoms with van der Waals surface area (Å²) in [5.74, 6) is 2.18. The zero-order valence-electron chi connectivity index (χ0n) is 17.4. The summed E-state index contributed by atoms with van der Waals surface area (Å²) >= 11 is 0. The van der Waals surface area contributed by atoms with Crippen molar-refractivity contribution in [2.24, 2.45) is 17.3 Å². The second kappa shape index (κ2) is 10.2. The normalized spacial score (nSPS) is 31.7. The number of nitrogens with zero attached hydrogens (tertiary/aromatic N) is 1. The molecule has 2 fully saturated rings. The number of fused-ring (bicyclic) bond motifs is 1. The zero-order chi connectivity index (χ0) is 19.0. The molecule has 1 N–H and O–H groups in total. The van der Waals surface area contributed by atoms with Crippen LogP contribution in [0.2, 0.25) is 0 Å². The van der Waals surface area contributed by atoms with Crippen LogP contribution in [0, 0.1) is 17.3 Å². The van der Waals surface area contributed by atoms with Gasteiger partial charge in [0, 0.05) is 19.6 Å². The van der Waals surface area contributed by atoms with Crippen molar-refractivity contribution < 1.29 is 9.84 Å². The molecule has 0 aromatic heterocycles. The first-order valence-corrected chi connectivity index (χ1v) is 9.62. The van der Waals surface area contributed by atoms with E-state index in [9.17, 15) is 5.11 Å².